The summed E-state index contributed by atoms with van der Waals surface area (Å²) < 4.78 is 0. The summed E-state index contributed by atoms with van der Waals surface area (Å²) in [5.74, 6) is 0.785. The van der Waals surface area contributed by atoms with E-state index in [1.165, 1.54) is 0 Å². The Labute approximate surface area is 146 Å². The number of para-hydroxylation sites is 1. The number of nitrogens with zero attached hydrogens (tertiary/aromatic N) is 2. The van der Waals surface area contributed by atoms with Crippen molar-refractivity contribution in [1.29, 1.82) is 0 Å². The summed E-state index contributed by atoms with van der Waals surface area (Å²) in [6, 6.07) is 15.8. The second kappa shape index (κ2) is 5.64. The van der Waals surface area contributed by atoms with Crippen molar-refractivity contribution in [3.05, 3.63) is 64.7 Å². The maximum absolute atomic E-state index is 12.1. The largest absolute Gasteiger partial charge is 0.336 e. The van der Waals surface area contributed by atoms with Crippen molar-refractivity contribution in [2.45, 2.75) is 18.9 Å². The van der Waals surface area contributed by atoms with Crippen molar-refractivity contribution in [2.24, 2.45) is 4.99 Å². The van der Waals surface area contributed by atoms with Crippen LogP contribution in [-0.2, 0) is 10.3 Å². The maximum Gasteiger partial charge on any atom is 0.218 e. The van der Waals surface area contributed by atoms with Gasteiger partial charge in [-0.2, -0.15) is 0 Å². The van der Waals surface area contributed by atoms with E-state index < -0.39 is 5.54 Å². The van der Waals surface area contributed by atoms with Crippen LogP contribution in [0.15, 0.2) is 53.5 Å². The number of hydrogen-bond acceptors (Lipinski definition) is 3. The molecule has 24 heavy (non-hydrogen) atoms. The fourth-order valence-corrected chi connectivity index (χ4v) is 3.96. The van der Waals surface area contributed by atoms with Gasteiger partial charge in [0.1, 0.15) is 5.84 Å². The highest BCUT2D eigenvalue weighted by Crippen LogP contribution is 2.46. The first-order valence-corrected chi connectivity index (χ1v) is 8.47. The van der Waals surface area contributed by atoms with E-state index >= 15 is 0 Å². The number of carbonyl (C=O) groups excluding carboxylic acids is 1. The predicted octanol–water partition coefficient (Wildman–Crippen LogP) is 3.34. The monoisotopic (exact) mass is 339 g/mol. The Morgan fingerprint density at radius 1 is 1.25 bits per heavy atom. The third-order valence-corrected chi connectivity index (χ3v) is 4.85. The summed E-state index contributed by atoms with van der Waals surface area (Å²) in [5.41, 5.74) is 2.29. The predicted molar refractivity (Wildman–Crippen MR) is 96.8 cm³/mol. The first-order valence-electron chi connectivity index (χ1n) is 8.10. The van der Waals surface area contributed by atoms with Crippen molar-refractivity contribution in [3.63, 3.8) is 0 Å². The number of hydrogen-bond donors (Lipinski definition) is 1. The Morgan fingerprint density at radius 2 is 2.08 bits per heavy atom. The topological polar surface area (TPSA) is 44.7 Å². The maximum atomic E-state index is 12.1. The third-order valence-electron chi connectivity index (χ3n) is 4.61. The molecule has 0 saturated heterocycles. The molecule has 1 atom stereocenters. The van der Waals surface area contributed by atoms with E-state index in [2.05, 4.69) is 22.3 Å². The summed E-state index contributed by atoms with van der Waals surface area (Å²) in [6.07, 6.45) is 1.00. The van der Waals surface area contributed by atoms with Gasteiger partial charge in [0.2, 0.25) is 5.91 Å². The SMILES string of the molecule is CC(=O)NC1(c2cccc(Cl)c2)C2=NCCCN2c2ccccc21. The summed E-state index contributed by atoms with van der Waals surface area (Å²) >= 11 is 6.26. The molecule has 4 nitrogen and oxygen atoms in total. The van der Waals surface area contributed by atoms with Crippen LogP contribution in [0.1, 0.15) is 24.5 Å². The van der Waals surface area contributed by atoms with Gasteiger partial charge in [-0.3, -0.25) is 9.79 Å². The molecule has 2 aromatic rings. The Balaban J connectivity index is 2.04. The van der Waals surface area contributed by atoms with Crippen molar-refractivity contribution in [1.82, 2.24) is 5.32 Å². The molecular weight excluding hydrogens is 322 g/mol. The molecule has 0 aromatic heterocycles. The normalized spacial score (nSPS) is 21.8. The van der Waals surface area contributed by atoms with Crippen molar-refractivity contribution in [3.8, 4) is 0 Å². The Bertz CT molecular complexity index is 848. The average Bonchev–Trinajstić information content (AvgIpc) is 2.86. The van der Waals surface area contributed by atoms with Crippen LogP contribution in [0.5, 0.6) is 0 Å². The van der Waals surface area contributed by atoms with Gasteiger partial charge in [0.25, 0.3) is 0 Å². The smallest absolute Gasteiger partial charge is 0.218 e. The minimum absolute atomic E-state index is 0.0973. The minimum Gasteiger partial charge on any atom is -0.336 e. The summed E-state index contributed by atoms with van der Waals surface area (Å²) in [6.45, 7) is 3.21. The second-order valence-corrected chi connectivity index (χ2v) is 6.61. The average molecular weight is 340 g/mol. The number of amides is 1. The Morgan fingerprint density at radius 3 is 2.88 bits per heavy atom. The van der Waals surface area contributed by atoms with Crippen LogP contribution in [0.4, 0.5) is 5.69 Å². The van der Waals surface area contributed by atoms with Gasteiger partial charge in [-0.05, 0) is 30.2 Å². The number of anilines is 1. The van der Waals surface area contributed by atoms with Crippen LogP contribution in [0, 0.1) is 0 Å². The number of rotatable bonds is 2. The number of carbonyl (C=O) groups is 1. The lowest BCUT2D eigenvalue weighted by molar-refractivity contribution is -0.119. The Hall–Kier alpha value is -2.33. The van der Waals surface area contributed by atoms with E-state index in [9.17, 15) is 4.79 Å². The molecule has 0 radical (unpaired) electrons. The van der Waals surface area contributed by atoms with E-state index in [0.29, 0.717) is 5.02 Å². The van der Waals surface area contributed by atoms with Gasteiger partial charge in [0.05, 0.1) is 0 Å². The van der Waals surface area contributed by atoms with Crippen molar-refractivity contribution in [2.75, 3.05) is 18.0 Å². The molecule has 0 spiro atoms. The molecule has 4 rings (SSSR count). The number of fused-ring (bicyclic) bond motifs is 3. The van der Waals surface area contributed by atoms with E-state index in [1.807, 2.05) is 36.4 Å². The number of nitrogens with one attached hydrogen (secondary N) is 1. The molecule has 0 aliphatic carbocycles. The number of aliphatic imine (C=N–C) groups is 1. The molecule has 122 valence electrons. The zero-order valence-corrected chi connectivity index (χ0v) is 14.2. The lowest BCUT2D eigenvalue weighted by Gasteiger charge is -2.35. The van der Waals surface area contributed by atoms with E-state index in [-0.39, 0.29) is 5.91 Å². The van der Waals surface area contributed by atoms with E-state index in [4.69, 9.17) is 16.6 Å². The molecule has 1 unspecified atom stereocenters. The fourth-order valence-electron chi connectivity index (χ4n) is 3.77. The van der Waals surface area contributed by atoms with Gasteiger partial charge in [-0.1, -0.05) is 41.9 Å². The van der Waals surface area contributed by atoms with Crippen LogP contribution in [0.25, 0.3) is 0 Å². The highest BCUT2D eigenvalue weighted by atomic mass is 35.5. The quantitative estimate of drug-likeness (QED) is 0.912. The molecule has 2 aliphatic rings. The number of halogens is 1. The molecule has 5 heteroatoms. The van der Waals surface area contributed by atoms with Gasteiger partial charge in [0.15, 0.2) is 5.54 Å². The lowest BCUT2D eigenvalue weighted by Crippen LogP contribution is -2.54. The summed E-state index contributed by atoms with van der Waals surface area (Å²) in [7, 11) is 0. The summed E-state index contributed by atoms with van der Waals surface area (Å²) in [5, 5.41) is 3.83. The Kier molecular flexibility index (Phi) is 3.57. The lowest BCUT2D eigenvalue weighted by atomic mass is 9.83. The first kappa shape index (κ1) is 15.2. The number of amidine groups is 1. The zero-order chi connectivity index (χ0) is 16.7. The molecule has 2 heterocycles. The van der Waals surface area contributed by atoms with Crippen LogP contribution < -0.4 is 10.2 Å². The molecule has 2 aliphatic heterocycles. The zero-order valence-electron chi connectivity index (χ0n) is 13.4. The van der Waals surface area contributed by atoms with Gasteiger partial charge in [-0.15, -0.1) is 0 Å². The standard InChI is InChI=1S/C19H18ClN3O/c1-13(24)22-19(14-6-4-7-15(20)12-14)16-8-2-3-9-17(16)23-11-5-10-21-18(19)23/h2-4,6-9,12H,5,10-11H2,1H3,(H,22,24). The molecule has 0 saturated carbocycles. The van der Waals surface area contributed by atoms with Crippen LogP contribution in [-0.4, -0.2) is 24.8 Å². The van der Waals surface area contributed by atoms with Gasteiger partial charge >= 0.3 is 0 Å². The third kappa shape index (κ3) is 2.13. The van der Waals surface area contributed by atoms with Gasteiger partial charge in [0, 0.05) is 36.3 Å². The van der Waals surface area contributed by atoms with Crippen LogP contribution >= 0.6 is 11.6 Å². The van der Waals surface area contributed by atoms with Gasteiger partial charge < -0.3 is 10.2 Å². The van der Waals surface area contributed by atoms with E-state index in [0.717, 1.165) is 42.2 Å². The molecule has 0 bridgehead atoms. The highest BCUT2D eigenvalue weighted by molar-refractivity contribution is 6.30. The second-order valence-electron chi connectivity index (χ2n) is 6.17. The van der Waals surface area contributed by atoms with Crippen molar-refractivity contribution < 1.29 is 4.79 Å². The number of benzene rings is 2. The van der Waals surface area contributed by atoms with Crippen LogP contribution in [0.3, 0.4) is 0 Å². The summed E-state index contributed by atoms with van der Waals surface area (Å²) in [4.78, 5) is 19.2. The van der Waals surface area contributed by atoms with Crippen molar-refractivity contribution >= 4 is 29.0 Å². The highest BCUT2D eigenvalue weighted by Gasteiger charge is 2.51. The molecule has 0 fully saturated rings. The first-order chi connectivity index (χ1) is 11.6. The van der Waals surface area contributed by atoms with Gasteiger partial charge in [-0.25, -0.2) is 0 Å². The molecule has 2 aromatic carbocycles. The van der Waals surface area contributed by atoms with E-state index in [1.54, 1.807) is 6.92 Å². The molecular formula is C19H18ClN3O. The van der Waals surface area contributed by atoms with Crippen LogP contribution in [0.2, 0.25) is 5.02 Å². The molecule has 1 N–H and O–H groups in total. The fraction of sp³-hybridized carbons (Fsp3) is 0.263. The molecule has 1 amide bonds. The minimum atomic E-state index is -0.784.